The number of hydrogen-bond acceptors (Lipinski definition) is 17. The molecule has 1 fully saturated rings. The van der Waals surface area contributed by atoms with Gasteiger partial charge in [0.1, 0.15) is 19.9 Å². The Morgan fingerprint density at radius 3 is 2.06 bits per heavy atom. The van der Waals surface area contributed by atoms with Crippen LogP contribution in [0.4, 0.5) is 0 Å². The Balaban J connectivity index is 2.18. The molecule has 1 aliphatic heterocycles. The summed E-state index contributed by atoms with van der Waals surface area (Å²) in [6.07, 6.45) is -1.30. The summed E-state index contributed by atoms with van der Waals surface area (Å²) in [5.41, 5.74) is 1.99. The third-order valence-corrected chi connectivity index (χ3v) is 12.1. The van der Waals surface area contributed by atoms with Crippen LogP contribution in [0, 0.1) is 0 Å². The first-order valence-electron chi connectivity index (χ1n) is 14.0. The lowest BCUT2D eigenvalue weighted by Crippen LogP contribution is -2.36. The Hall–Kier alpha value is 0.325. The topological polar surface area (TPSA) is 277 Å². The maximum Gasteiger partial charge on any atom is 0.490 e. The molecule has 2 radical (unpaired) electrons. The summed E-state index contributed by atoms with van der Waals surface area (Å²) in [4.78, 5) is 48.3. The molecule has 47 heavy (non-hydrogen) atoms. The van der Waals surface area contributed by atoms with Gasteiger partial charge in [-0.3, -0.25) is 9.32 Å². The molecule has 1 amide bonds. The van der Waals surface area contributed by atoms with Crippen molar-refractivity contribution in [2.45, 2.75) is 49.6 Å². The molecule has 5 atom stereocenters. The van der Waals surface area contributed by atoms with E-state index in [0.717, 1.165) is 0 Å². The van der Waals surface area contributed by atoms with Gasteiger partial charge in [0, 0.05) is 30.3 Å². The molecule has 0 aromatic heterocycles. The van der Waals surface area contributed by atoms with Gasteiger partial charge < -0.3 is 58.5 Å². The summed E-state index contributed by atoms with van der Waals surface area (Å²) in [6.45, 7) is 6.84. The molecule has 7 N–H and O–H groups in total. The van der Waals surface area contributed by atoms with Crippen molar-refractivity contribution in [1.29, 1.82) is 0 Å². The average Bonchev–Trinajstić information content (AvgIpc) is 3.30. The molecule has 0 aromatic carbocycles. The maximum atomic E-state index is 12.2. The van der Waals surface area contributed by atoms with E-state index < -0.39 is 48.3 Å². The Morgan fingerprint density at radius 2 is 1.49 bits per heavy atom. The predicted molar refractivity (Wildman–Crippen MR) is 169 cm³/mol. The quantitative estimate of drug-likeness (QED) is 0.0137. The molecule has 1 saturated heterocycles. The lowest BCUT2D eigenvalue weighted by Gasteiger charge is -2.24. The lowest BCUT2D eigenvalue weighted by molar-refractivity contribution is -0.122. The van der Waals surface area contributed by atoms with Crippen molar-refractivity contribution in [3.8, 4) is 0 Å². The van der Waals surface area contributed by atoms with Gasteiger partial charge in [-0.25, -0.2) is 19.2 Å². The molecular formula is C21H44BN2O18P3S2. The molecule has 0 aliphatic carbocycles. The van der Waals surface area contributed by atoms with Crippen LogP contribution in [-0.2, 0) is 60.1 Å². The second-order valence-corrected chi connectivity index (χ2v) is 17.4. The molecule has 0 saturated carbocycles. The van der Waals surface area contributed by atoms with Crippen molar-refractivity contribution in [3.05, 3.63) is 0 Å². The minimum Gasteiger partial charge on any atom is -0.380 e. The maximum absolute atomic E-state index is 12.2. The number of phosphoric acid groups is 3. The van der Waals surface area contributed by atoms with E-state index in [-0.39, 0.29) is 36.0 Å². The number of phosphoric ester groups is 1. The van der Waals surface area contributed by atoms with E-state index in [1.54, 1.807) is 0 Å². The van der Waals surface area contributed by atoms with Gasteiger partial charge in [-0.2, -0.15) is 8.62 Å². The van der Waals surface area contributed by atoms with Gasteiger partial charge in [-0.15, -0.1) is 0 Å². The fourth-order valence-electron chi connectivity index (χ4n) is 3.31. The van der Waals surface area contributed by atoms with Gasteiger partial charge in [-0.05, 0) is 20.3 Å². The van der Waals surface area contributed by atoms with Crippen molar-refractivity contribution in [2.24, 2.45) is 0 Å². The number of rotatable bonds is 29. The number of amides is 1. The molecule has 1 rings (SSSR count). The minimum atomic E-state index is -5.65. The molecule has 1 heterocycles. The zero-order chi connectivity index (χ0) is 35.4. The van der Waals surface area contributed by atoms with Crippen LogP contribution in [0.1, 0.15) is 26.7 Å². The molecule has 2 unspecified atom stereocenters. The summed E-state index contributed by atoms with van der Waals surface area (Å²) < 4.78 is 78.2. The number of carbonyl (C=O) groups excluding carboxylic acids is 1. The van der Waals surface area contributed by atoms with Crippen LogP contribution >= 0.6 is 45.1 Å². The molecule has 1 aliphatic rings. The van der Waals surface area contributed by atoms with E-state index in [9.17, 15) is 28.3 Å². The third kappa shape index (κ3) is 25.0. The van der Waals surface area contributed by atoms with Crippen molar-refractivity contribution in [2.75, 3.05) is 78.5 Å². The summed E-state index contributed by atoms with van der Waals surface area (Å²) in [6, 6.07) is -0.798. The highest BCUT2D eigenvalue weighted by molar-refractivity contribution is 8.77. The first kappa shape index (κ1) is 45.3. The fraction of sp³-hybridized carbons (Fsp3) is 0.952. The van der Waals surface area contributed by atoms with Crippen LogP contribution in [0.15, 0.2) is 0 Å². The Kier molecular flexibility index (Phi) is 22.9. The zero-order valence-electron chi connectivity index (χ0n) is 25.9. The van der Waals surface area contributed by atoms with E-state index in [0.29, 0.717) is 59.3 Å². The number of nitrogens with one attached hydrogen (secondary N) is 2. The smallest absolute Gasteiger partial charge is 0.380 e. The van der Waals surface area contributed by atoms with Gasteiger partial charge in [0.25, 0.3) is 0 Å². The summed E-state index contributed by atoms with van der Waals surface area (Å²) in [7, 11) is -7.94. The van der Waals surface area contributed by atoms with Crippen molar-refractivity contribution in [3.63, 3.8) is 0 Å². The molecule has 20 nitrogen and oxygen atoms in total. The van der Waals surface area contributed by atoms with Crippen LogP contribution in [0.3, 0.4) is 0 Å². The first-order chi connectivity index (χ1) is 21.9. The van der Waals surface area contributed by atoms with Crippen LogP contribution in [0.25, 0.3) is 0 Å². The van der Waals surface area contributed by atoms with Gasteiger partial charge in [0.2, 0.25) is 5.91 Å². The number of carbonyl (C=O) groups is 1. The van der Waals surface area contributed by atoms with E-state index in [4.69, 9.17) is 51.3 Å². The second-order valence-electron chi connectivity index (χ2n) is 10.0. The van der Waals surface area contributed by atoms with E-state index in [1.165, 1.54) is 21.6 Å². The zero-order valence-corrected chi connectivity index (χ0v) is 30.2. The van der Waals surface area contributed by atoms with E-state index in [1.807, 2.05) is 19.3 Å². The van der Waals surface area contributed by atoms with Crippen molar-refractivity contribution >= 4 is 58.8 Å². The summed E-state index contributed by atoms with van der Waals surface area (Å²) in [5, 5.41) is 11.3. The van der Waals surface area contributed by atoms with Crippen molar-refractivity contribution < 1.29 is 84.8 Å². The molecule has 0 spiro atoms. The third-order valence-electron chi connectivity index (χ3n) is 5.32. The highest BCUT2D eigenvalue weighted by atomic mass is 33.1. The van der Waals surface area contributed by atoms with Gasteiger partial charge in [0.15, 0.2) is 0 Å². The first-order valence-corrected chi connectivity index (χ1v) is 20.8. The van der Waals surface area contributed by atoms with Gasteiger partial charge in [0.05, 0.1) is 65.6 Å². The molecular weight excluding hydrogens is 736 g/mol. The van der Waals surface area contributed by atoms with Crippen LogP contribution in [0.2, 0.25) is 0 Å². The Labute approximate surface area is 282 Å². The lowest BCUT2D eigenvalue weighted by atomic mass is 9.96. The Bertz CT molecular complexity index is 1030. The van der Waals surface area contributed by atoms with E-state index >= 15 is 0 Å². The number of hydroxylamine groups is 1. The normalized spacial score (nSPS) is 21.4. The van der Waals surface area contributed by atoms with Crippen LogP contribution in [0.5, 0.6) is 0 Å². The second kappa shape index (κ2) is 23.7. The highest BCUT2D eigenvalue weighted by Gasteiger charge is 2.42. The van der Waals surface area contributed by atoms with Crippen LogP contribution in [-0.4, -0.2) is 140 Å². The van der Waals surface area contributed by atoms with Crippen LogP contribution < -0.4 is 10.8 Å². The predicted octanol–water partition coefficient (Wildman–Crippen LogP) is 0.667. The number of ether oxygens (including phenoxy) is 6. The molecule has 276 valence electrons. The molecule has 0 bridgehead atoms. The summed E-state index contributed by atoms with van der Waals surface area (Å²) in [5.74, 6) is -0.0453. The van der Waals surface area contributed by atoms with E-state index in [2.05, 4.69) is 18.5 Å². The largest absolute Gasteiger partial charge is 0.490 e. The Morgan fingerprint density at radius 1 is 0.915 bits per heavy atom. The molecule has 26 heteroatoms. The average molecular weight is 780 g/mol. The monoisotopic (exact) mass is 780 g/mol. The SMILES string of the molecule is [B][C@H]1C[C@@H](OCSSC(C)(C)CNC(=O)CCOCCOCCOCCOCCNO)[C@@H](COP(=O)(O)OP(=O)(O)OP(=O)(O)O)O1. The summed E-state index contributed by atoms with van der Waals surface area (Å²) >= 11 is 0. The standard InChI is InChI=1S/C21H44BN2O18P3S2/c1-21(2,15-23-20(25)3-5-34-7-9-36-11-12-37-10-8-35-6-4-24-26)47-46-16-38-17-13-19(22)40-18(17)14-39-44(30,31)42-45(32,33)41-43(27,28)29/h17-19,24,26H,3-16H2,1-2H3,(H,23,25)(H,30,31)(H,32,33)(H2,27,28,29)/t17-,18-,19-/m1/s1. The van der Waals surface area contributed by atoms with Crippen molar-refractivity contribution in [1.82, 2.24) is 10.8 Å². The van der Waals surface area contributed by atoms with Gasteiger partial charge >= 0.3 is 23.5 Å². The highest BCUT2D eigenvalue weighted by Crippen LogP contribution is 2.66. The number of hydrogen-bond donors (Lipinski definition) is 7. The fourth-order valence-corrected chi connectivity index (χ4v) is 8.52. The minimum absolute atomic E-state index is 0.133. The van der Waals surface area contributed by atoms with Gasteiger partial charge in [-0.1, -0.05) is 21.6 Å². The molecule has 0 aromatic rings.